The second-order valence-electron chi connectivity index (χ2n) is 4.79. The Hall–Kier alpha value is -1.80. The second kappa shape index (κ2) is 5.29. The number of tetrazole rings is 1. The predicted molar refractivity (Wildman–Crippen MR) is 71.4 cm³/mol. The lowest BCUT2D eigenvalue weighted by Gasteiger charge is -2.30. The zero-order valence-corrected chi connectivity index (χ0v) is 11.6. The van der Waals surface area contributed by atoms with Gasteiger partial charge in [0.25, 0.3) is 0 Å². The predicted octanol–water partition coefficient (Wildman–Crippen LogP) is 0.768. The molecule has 1 fully saturated rings. The first-order valence-corrected chi connectivity index (χ1v) is 7.90. The summed E-state index contributed by atoms with van der Waals surface area (Å²) in [7, 11) is -3.44. The summed E-state index contributed by atoms with van der Waals surface area (Å²) in [6.45, 7) is 0.933. The number of H-pyrrole nitrogens is 1. The van der Waals surface area contributed by atoms with E-state index in [2.05, 4.69) is 20.6 Å². The number of aromatic nitrogens is 4. The maximum Gasteiger partial charge on any atom is 0.243 e. The largest absolute Gasteiger partial charge is 0.243 e. The van der Waals surface area contributed by atoms with E-state index in [0.29, 0.717) is 23.8 Å². The maximum absolute atomic E-state index is 12.6. The fourth-order valence-electron chi connectivity index (χ4n) is 2.46. The number of piperidine rings is 1. The Morgan fingerprint density at radius 2 is 2.05 bits per heavy atom. The molecule has 0 spiro atoms. The van der Waals surface area contributed by atoms with E-state index in [9.17, 15) is 8.42 Å². The highest BCUT2D eigenvalue weighted by Gasteiger charge is 2.32. The van der Waals surface area contributed by atoms with E-state index < -0.39 is 10.0 Å². The average Bonchev–Trinajstić information content (AvgIpc) is 3.03. The molecule has 0 bridgehead atoms. The molecule has 106 valence electrons. The number of sulfonamides is 1. The molecule has 0 saturated carbocycles. The van der Waals surface area contributed by atoms with Gasteiger partial charge in [-0.2, -0.15) is 9.52 Å². The molecule has 1 aliphatic rings. The van der Waals surface area contributed by atoms with E-state index in [1.54, 1.807) is 30.3 Å². The highest BCUT2D eigenvalue weighted by atomic mass is 32.2. The van der Waals surface area contributed by atoms with Gasteiger partial charge in [-0.1, -0.05) is 23.4 Å². The normalized spacial score (nSPS) is 20.9. The van der Waals surface area contributed by atoms with Crippen LogP contribution in [0.15, 0.2) is 35.2 Å². The second-order valence-corrected chi connectivity index (χ2v) is 6.72. The number of benzene rings is 1. The fraction of sp³-hybridized carbons (Fsp3) is 0.417. The van der Waals surface area contributed by atoms with Gasteiger partial charge in [0.15, 0.2) is 5.82 Å². The van der Waals surface area contributed by atoms with Crippen LogP contribution >= 0.6 is 0 Å². The van der Waals surface area contributed by atoms with E-state index in [0.717, 1.165) is 12.8 Å². The quantitative estimate of drug-likeness (QED) is 0.902. The van der Waals surface area contributed by atoms with Gasteiger partial charge in [0.1, 0.15) is 0 Å². The van der Waals surface area contributed by atoms with Crippen molar-refractivity contribution in [3.63, 3.8) is 0 Å². The summed E-state index contributed by atoms with van der Waals surface area (Å²) in [5, 5.41) is 13.9. The van der Waals surface area contributed by atoms with Crippen LogP contribution in [0, 0.1) is 0 Å². The molecule has 2 aromatic rings. The van der Waals surface area contributed by atoms with Gasteiger partial charge in [0.05, 0.1) is 4.90 Å². The Labute approximate surface area is 117 Å². The zero-order valence-electron chi connectivity index (χ0n) is 10.8. The van der Waals surface area contributed by atoms with Gasteiger partial charge >= 0.3 is 0 Å². The third-order valence-corrected chi connectivity index (χ3v) is 5.37. The van der Waals surface area contributed by atoms with Crippen LogP contribution in [0.2, 0.25) is 0 Å². The number of aromatic amines is 1. The molecule has 1 N–H and O–H groups in total. The molecule has 1 aromatic carbocycles. The van der Waals surface area contributed by atoms with E-state index in [-0.39, 0.29) is 5.92 Å². The highest BCUT2D eigenvalue weighted by Crippen LogP contribution is 2.27. The minimum absolute atomic E-state index is 0.000914. The Kier molecular flexibility index (Phi) is 3.49. The molecule has 1 unspecified atom stereocenters. The standard InChI is InChI=1S/C12H15N5O2S/c18-20(19,11-6-2-1-3-7-11)17-8-4-5-10(9-17)12-13-15-16-14-12/h1-3,6-7,10H,4-5,8-9H2,(H,13,14,15,16). The third kappa shape index (κ3) is 2.44. The number of nitrogens with one attached hydrogen (secondary N) is 1. The van der Waals surface area contributed by atoms with Crippen LogP contribution in [-0.2, 0) is 10.0 Å². The van der Waals surface area contributed by atoms with Crippen molar-refractivity contribution >= 4 is 10.0 Å². The van der Waals surface area contributed by atoms with Crippen LogP contribution in [0.25, 0.3) is 0 Å². The van der Waals surface area contributed by atoms with E-state index >= 15 is 0 Å². The van der Waals surface area contributed by atoms with Crippen molar-refractivity contribution in [2.75, 3.05) is 13.1 Å². The highest BCUT2D eigenvalue weighted by molar-refractivity contribution is 7.89. The first-order chi connectivity index (χ1) is 9.68. The fourth-order valence-corrected chi connectivity index (χ4v) is 4.00. The number of nitrogens with zero attached hydrogens (tertiary/aromatic N) is 4. The first-order valence-electron chi connectivity index (χ1n) is 6.46. The first kappa shape index (κ1) is 13.2. The summed E-state index contributed by atoms with van der Waals surface area (Å²) in [5.74, 6) is 0.582. The van der Waals surface area contributed by atoms with Gasteiger partial charge in [-0.3, -0.25) is 0 Å². The SMILES string of the molecule is O=S(=O)(c1ccccc1)N1CCCC(c2nn[nH]n2)C1. The molecule has 0 radical (unpaired) electrons. The minimum Gasteiger partial charge on any atom is -0.207 e. The Bertz CT molecular complexity index is 656. The van der Waals surface area contributed by atoms with Crippen molar-refractivity contribution < 1.29 is 8.42 Å². The van der Waals surface area contributed by atoms with Gasteiger partial charge in [0.2, 0.25) is 10.0 Å². The van der Waals surface area contributed by atoms with Crippen molar-refractivity contribution in [2.45, 2.75) is 23.7 Å². The molecule has 2 heterocycles. The summed E-state index contributed by atoms with van der Waals surface area (Å²) in [5.41, 5.74) is 0. The average molecular weight is 293 g/mol. The van der Waals surface area contributed by atoms with Crippen LogP contribution in [0.1, 0.15) is 24.6 Å². The summed E-state index contributed by atoms with van der Waals surface area (Å²) in [4.78, 5) is 0.328. The molecule has 20 heavy (non-hydrogen) atoms. The van der Waals surface area contributed by atoms with Crippen molar-refractivity contribution in [1.29, 1.82) is 0 Å². The van der Waals surface area contributed by atoms with Gasteiger partial charge in [-0.05, 0) is 25.0 Å². The van der Waals surface area contributed by atoms with E-state index in [1.165, 1.54) is 4.31 Å². The number of hydrogen-bond acceptors (Lipinski definition) is 5. The molecule has 3 rings (SSSR count). The zero-order chi connectivity index (χ0) is 14.0. The molecule has 0 amide bonds. The summed E-state index contributed by atoms with van der Waals surface area (Å²) in [6.07, 6.45) is 1.67. The molecule has 0 aliphatic carbocycles. The van der Waals surface area contributed by atoms with Gasteiger partial charge in [-0.25, -0.2) is 8.42 Å². The molecular formula is C12H15N5O2S. The topological polar surface area (TPSA) is 91.8 Å². The van der Waals surface area contributed by atoms with E-state index in [1.807, 2.05) is 0 Å². The molecule has 1 aromatic heterocycles. The summed E-state index contributed by atoms with van der Waals surface area (Å²) >= 11 is 0. The third-order valence-electron chi connectivity index (χ3n) is 3.49. The minimum atomic E-state index is -3.44. The van der Waals surface area contributed by atoms with Crippen molar-refractivity contribution in [3.05, 3.63) is 36.2 Å². The molecular weight excluding hydrogens is 278 g/mol. The number of hydrogen-bond donors (Lipinski definition) is 1. The molecule has 7 nitrogen and oxygen atoms in total. The molecule has 1 atom stereocenters. The van der Waals surface area contributed by atoms with Crippen LogP contribution in [0.4, 0.5) is 0 Å². The number of rotatable bonds is 3. The van der Waals surface area contributed by atoms with Crippen LogP contribution in [0.3, 0.4) is 0 Å². The monoisotopic (exact) mass is 293 g/mol. The van der Waals surface area contributed by atoms with Gasteiger partial charge in [-0.15, -0.1) is 10.2 Å². The van der Waals surface area contributed by atoms with Crippen molar-refractivity contribution in [2.24, 2.45) is 0 Å². The maximum atomic E-state index is 12.6. The molecule has 1 aliphatic heterocycles. The summed E-state index contributed by atoms with van der Waals surface area (Å²) in [6, 6.07) is 8.50. The van der Waals surface area contributed by atoms with Crippen LogP contribution in [-0.4, -0.2) is 46.4 Å². The smallest absolute Gasteiger partial charge is 0.207 e. The Balaban J connectivity index is 1.84. The van der Waals surface area contributed by atoms with E-state index in [4.69, 9.17) is 0 Å². The molecule has 8 heteroatoms. The summed E-state index contributed by atoms with van der Waals surface area (Å²) < 4.78 is 26.6. The van der Waals surface area contributed by atoms with Crippen LogP contribution < -0.4 is 0 Å². The Morgan fingerprint density at radius 1 is 1.25 bits per heavy atom. The lowest BCUT2D eigenvalue weighted by atomic mass is 9.99. The van der Waals surface area contributed by atoms with Crippen molar-refractivity contribution in [1.82, 2.24) is 24.9 Å². The van der Waals surface area contributed by atoms with Gasteiger partial charge in [0, 0.05) is 19.0 Å². The van der Waals surface area contributed by atoms with Crippen LogP contribution in [0.5, 0.6) is 0 Å². The lowest BCUT2D eigenvalue weighted by Crippen LogP contribution is -2.39. The lowest BCUT2D eigenvalue weighted by molar-refractivity contribution is 0.309. The van der Waals surface area contributed by atoms with Crippen molar-refractivity contribution in [3.8, 4) is 0 Å². The van der Waals surface area contributed by atoms with Gasteiger partial charge < -0.3 is 0 Å². The molecule has 1 saturated heterocycles. The Morgan fingerprint density at radius 3 is 2.75 bits per heavy atom.